The molecule has 4 rings (SSSR count). The molecule has 0 spiro atoms. The van der Waals surface area contributed by atoms with E-state index in [2.05, 4.69) is 0 Å². The highest BCUT2D eigenvalue weighted by molar-refractivity contribution is 5.84. The molecule has 0 saturated carbocycles. The molecular formula is C19H17N3O2. The summed E-state index contributed by atoms with van der Waals surface area (Å²) in [5.74, 6) is 0.662. The number of nitrogens with two attached hydrogens (primary N) is 1. The zero-order valence-electron chi connectivity index (χ0n) is 13.1. The van der Waals surface area contributed by atoms with Crippen LogP contribution >= 0.6 is 0 Å². The number of rotatable bonds is 4. The summed E-state index contributed by atoms with van der Waals surface area (Å²) in [5.41, 5.74) is 8.02. The number of furan rings is 1. The molecule has 2 aromatic heterocycles. The van der Waals surface area contributed by atoms with Crippen LogP contribution in [0.4, 0.5) is 0 Å². The Labute approximate surface area is 138 Å². The second kappa shape index (κ2) is 5.94. The summed E-state index contributed by atoms with van der Waals surface area (Å²) in [6.45, 7) is 1.07. The van der Waals surface area contributed by atoms with E-state index in [1.807, 2.05) is 48.5 Å². The van der Waals surface area contributed by atoms with Crippen molar-refractivity contribution in [2.45, 2.75) is 13.0 Å². The minimum Gasteiger partial charge on any atom is -0.464 e. The highest BCUT2D eigenvalue weighted by Gasteiger charge is 2.13. The van der Waals surface area contributed by atoms with Crippen LogP contribution in [0, 0.1) is 0 Å². The van der Waals surface area contributed by atoms with Gasteiger partial charge in [-0.05, 0) is 49.4 Å². The van der Waals surface area contributed by atoms with Crippen LogP contribution in [0.2, 0.25) is 0 Å². The molecule has 0 aliphatic heterocycles. The van der Waals surface area contributed by atoms with Gasteiger partial charge in [-0.2, -0.15) is 0 Å². The first kappa shape index (κ1) is 14.7. The molecular weight excluding hydrogens is 302 g/mol. The third kappa shape index (κ3) is 2.39. The molecule has 2 heterocycles. The molecule has 2 aromatic carbocycles. The number of hydrogen-bond acceptors (Lipinski definition) is 4. The van der Waals surface area contributed by atoms with E-state index in [0.717, 1.165) is 23.0 Å². The van der Waals surface area contributed by atoms with Gasteiger partial charge in [0, 0.05) is 17.5 Å². The van der Waals surface area contributed by atoms with Gasteiger partial charge in [-0.15, -0.1) is 0 Å². The Morgan fingerprint density at radius 3 is 2.88 bits per heavy atom. The Balaban J connectivity index is 1.99. The van der Waals surface area contributed by atoms with Gasteiger partial charge in [-0.3, -0.25) is 9.36 Å². The van der Waals surface area contributed by atoms with Crippen molar-refractivity contribution in [2.24, 2.45) is 5.73 Å². The molecule has 0 aliphatic carbocycles. The predicted octanol–water partition coefficient (Wildman–Crippen LogP) is 3.16. The summed E-state index contributed by atoms with van der Waals surface area (Å²) >= 11 is 0. The van der Waals surface area contributed by atoms with E-state index < -0.39 is 0 Å². The first-order valence-electron chi connectivity index (χ1n) is 7.95. The van der Waals surface area contributed by atoms with E-state index in [-0.39, 0.29) is 5.56 Å². The summed E-state index contributed by atoms with van der Waals surface area (Å²) in [6, 6.07) is 15.2. The monoisotopic (exact) mass is 319 g/mol. The SMILES string of the molecule is NCCCn1c(-c2ccc3occc3c2)nc2ccccc2c1=O. The molecule has 5 heteroatoms. The standard InChI is InChI=1S/C19H17N3O2/c20-9-3-10-22-18(14-6-7-17-13(12-14)8-11-24-17)21-16-5-2-1-4-15(16)19(22)23/h1-2,4-8,11-12H,3,9-10,20H2. The van der Waals surface area contributed by atoms with Crippen molar-refractivity contribution in [1.82, 2.24) is 9.55 Å². The number of benzene rings is 2. The smallest absolute Gasteiger partial charge is 0.261 e. The van der Waals surface area contributed by atoms with Gasteiger partial charge in [0.15, 0.2) is 0 Å². The van der Waals surface area contributed by atoms with Gasteiger partial charge < -0.3 is 10.2 Å². The van der Waals surface area contributed by atoms with E-state index in [1.54, 1.807) is 10.8 Å². The lowest BCUT2D eigenvalue weighted by molar-refractivity contribution is 0.616. The van der Waals surface area contributed by atoms with Crippen molar-refractivity contribution in [3.05, 3.63) is 65.1 Å². The van der Waals surface area contributed by atoms with Crippen molar-refractivity contribution in [3.63, 3.8) is 0 Å². The third-order valence-corrected chi connectivity index (χ3v) is 4.16. The van der Waals surface area contributed by atoms with Crippen LogP contribution in [-0.4, -0.2) is 16.1 Å². The zero-order valence-corrected chi connectivity index (χ0v) is 13.1. The van der Waals surface area contributed by atoms with E-state index in [0.29, 0.717) is 29.8 Å². The van der Waals surface area contributed by atoms with E-state index in [1.165, 1.54) is 0 Å². The van der Waals surface area contributed by atoms with Crippen LogP contribution in [0.3, 0.4) is 0 Å². The van der Waals surface area contributed by atoms with Gasteiger partial charge in [0.1, 0.15) is 11.4 Å². The first-order chi connectivity index (χ1) is 11.8. The molecule has 0 aliphatic rings. The summed E-state index contributed by atoms with van der Waals surface area (Å²) in [7, 11) is 0. The number of fused-ring (bicyclic) bond motifs is 2. The maximum absolute atomic E-state index is 12.9. The van der Waals surface area contributed by atoms with Crippen LogP contribution in [0.1, 0.15) is 6.42 Å². The molecule has 0 amide bonds. The number of para-hydroxylation sites is 1. The van der Waals surface area contributed by atoms with Crippen molar-refractivity contribution >= 4 is 21.9 Å². The lowest BCUT2D eigenvalue weighted by Crippen LogP contribution is -2.24. The van der Waals surface area contributed by atoms with Gasteiger partial charge in [-0.1, -0.05) is 12.1 Å². The van der Waals surface area contributed by atoms with Crippen LogP contribution in [0.25, 0.3) is 33.3 Å². The van der Waals surface area contributed by atoms with Crippen molar-refractivity contribution in [1.29, 1.82) is 0 Å². The van der Waals surface area contributed by atoms with Crippen molar-refractivity contribution in [3.8, 4) is 11.4 Å². The molecule has 24 heavy (non-hydrogen) atoms. The molecule has 0 bridgehead atoms. The topological polar surface area (TPSA) is 74.1 Å². The van der Waals surface area contributed by atoms with Crippen LogP contribution in [-0.2, 0) is 6.54 Å². The zero-order chi connectivity index (χ0) is 16.5. The van der Waals surface area contributed by atoms with Gasteiger partial charge in [-0.25, -0.2) is 4.98 Å². The minimum absolute atomic E-state index is 0.0312. The molecule has 120 valence electrons. The quantitative estimate of drug-likeness (QED) is 0.627. The highest BCUT2D eigenvalue weighted by atomic mass is 16.3. The number of nitrogens with zero attached hydrogens (tertiary/aromatic N) is 2. The summed E-state index contributed by atoms with van der Waals surface area (Å²) in [5, 5.41) is 1.61. The number of aromatic nitrogens is 2. The largest absolute Gasteiger partial charge is 0.464 e. The summed E-state index contributed by atoms with van der Waals surface area (Å²) in [6.07, 6.45) is 2.38. The second-order valence-corrected chi connectivity index (χ2v) is 5.72. The lowest BCUT2D eigenvalue weighted by atomic mass is 10.1. The Kier molecular flexibility index (Phi) is 3.63. The maximum atomic E-state index is 12.9. The number of hydrogen-bond donors (Lipinski definition) is 1. The van der Waals surface area contributed by atoms with Crippen molar-refractivity contribution < 1.29 is 4.42 Å². The highest BCUT2D eigenvalue weighted by Crippen LogP contribution is 2.24. The molecule has 0 radical (unpaired) electrons. The van der Waals surface area contributed by atoms with Gasteiger partial charge in [0.2, 0.25) is 0 Å². The minimum atomic E-state index is -0.0312. The van der Waals surface area contributed by atoms with Gasteiger partial charge in [0.25, 0.3) is 5.56 Å². The Morgan fingerprint density at radius 1 is 1.12 bits per heavy atom. The molecule has 2 N–H and O–H groups in total. The molecule has 4 aromatic rings. The molecule has 5 nitrogen and oxygen atoms in total. The van der Waals surface area contributed by atoms with Crippen LogP contribution in [0.15, 0.2) is 64.0 Å². The molecule has 0 unspecified atom stereocenters. The summed E-state index contributed by atoms with van der Waals surface area (Å²) < 4.78 is 7.11. The second-order valence-electron chi connectivity index (χ2n) is 5.72. The fraction of sp³-hybridized carbons (Fsp3) is 0.158. The molecule has 0 saturated heterocycles. The average Bonchev–Trinajstić information content (AvgIpc) is 3.08. The maximum Gasteiger partial charge on any atom is 0.261 e. The summed E-state index contributed by atoms with van der Waals surface area (Å²) in [4.78, 5) is 17.6. The van der Waals surface area contributed by atoms with Crippen molar-refractivity contribution in [2.75, 3.05) is 6.54 Å². The molecule has 0 atom stereocenters. The normalized spacial score (nSPS) is 11.4. The Hall–Kier alpha value is -2.92. The first-order valence-corrected chi connectivity index (χ1v) is 7.95. The fourth-order valence-corrected chi connectivity index (χ4v) is 2.95. The van der Waals surface area contributed by atoms with Crippen LogP contribution in [0.5, 0.6) is 0 Å². The van der Waals surface area contributed by atoms with E-state index >= 15 is 0 Å². The average molecular weight is 319 g/mol. The fourth-order valence-electron chi connectivity index (χ4n) is 2.95. The van der Waals surface area contributed by atoms with E-state index in [4.69, 9.17) is 15.1 Å². The van der Waals surface area contributed by atoms with E-state index in [9.17, 15) is 4.79 Å². The Bertz CT molecular complexity index is 1080. The molecule has 0 fully saturated rings. The van der Waals surface area contributed by atoms with Crippen LogP contribution < -0.4 is 11.3 Å². The van der Waals surface area contributed by atoms with Gasteiger partial charge in [0.05, 0.1) is 17.2 Å². The Morgan fingerprint density at radius 2 is 2.00 bits per heavy atom. The third-order valence-electron chi connectivity index (χ3n) is 4.16. The lowest BCUT2D eigenvalue weighted by Gasteiger charge is -2.13. The predicted molar refractivity (Wildman–Crippen MR) is 94.9 cm³/mol. The van der Waals surface area contributed by atoms with Gasteiger partial charge >= 0.3 is 0 Å².